The van der Waals surface area contributed by atoms with Gasteiger partial charge < -0.3 is 9.88 Å². The van der Waals surface area contributed by atoms with Crippen molar-refractivity contribution < 1.29 is 18.0 Å². The molecule has 148 valence electrons. The lowest BCUT2D eigenvalue weighted by molar-refractivity contribution is -0.137. The number of nitrogens with one attached hydrogen (secondary N) is 1. The molecule has 1 aromatic heterocycles. The van der Waals surface area contributed by atoms with Gasteiger partial charge >= 0.3 is 6.18 Å². The maximum Gasteiger partial charge on any atom is 0.416 e. The number of benzene rings is 1. The summed E-state index contributed by atoms with van der Waals surface area (Å²) in [7, 11) is 0. The van der Waals surface area contributed by atoms with Crippen LogP contribution in [0.2, 0.25) is 5.02 Å². The Balaban J connectivity index is 2.10. The molecule has 0 bridgehead atoms. The van der Waals surface area contributed by atoms with E-state index in [4.69, 9.17) is 11.6 Å². The van der Waals surface area contributed by atoms with Crippen LogP contribution in [0.4, 0.5) is 18.9 Å². The Hall–Kier alpha value is -1.74. The molecular formula is C17H20ClF3N4OS. The number of alkyl halides is 3. The van der Waals surface area contributed by atoms with Gasteiger partial charge in [-0.15, -0.1) is 10.2 Å². The van der Waals surface area contributed by atoms with Gasteiger partial charge in [-0.2, -0.15) is 13.2 Å². The summed E-state index contributed by atoms with van der Waals surface area (Å²) in [5, 5.41) is 11.3. The van der Waals surface area contributed by atoms with E-state index < -0.39 is 17.6 Å². The van der Waals surface area contributed by atoms with Gasteiger partial charge in [0.15, 0.2) is 5.16 Å². The second kappa shape index (κ2) is 8.52. The van der Waals surface area contributed by atoms with Crippen molar-refractivity contribution in [3.05, 3.63) is 34.6 Å². The number of carbonyl (C=O) groups excluding carboxylic acids is 1. The average Bonchev–Trinajstić information content (AvgIpc) is 2.98. The number of hydrogen-bond donors (Lipinski definition) is 1. The van der Waals surface area contributed by atoms with Crippen LogP contribution in [0, 0.1) is 0 Å². The zero-order valence-corrected chi connectivity index (χ0v) is 16.8. The summed E-state index contributed by atoms with van der Waals surface area (Å²) in [6, 6.07) is 2.90. The molecule has 0 atom stereocenters. The highest BCUT2D eigenvalue weighted by Crippen LogP contribution is 2.34. The molecule has 0 aliphatic rings. The third-order valence-corrected chi connectivity index (χ3v) is 4.90. The molecule has 1 aromatic carbocycles. The molecule has 0 unspecified atom stereocenters. The van der Waals surface area contributed by atoms with E-state index in [9.17, 15) is 18.0 Å². The molecule has 0 fully saturated rings. The summed E-state index contributed by atoms with van der Waals surface area (Å²) >= 11 is 7.07. The van der Waals surface area contributed by atoms with Crippen LogP contribution in [0.5, 0.6) is 0 Å². The van der Waals surface area contributed by atoms with E-state index in [0.717, 1.165) is 24.0 Å². The lowest BCUT2D eigenvalue weighted by atomic mass is 10.2. The molecule has 10 heteroatoms. The molecule has 0 saturated carbocycles. The number of aromatic nitrogens is 3. The third-order valence-electron chi connectivity index (χ3n) is 3.62. The fourth-order valence-corrected chi connectivity index (χ4v) is 3.42. The minimum Gasteiger partial charge on any atom is -0.324 e. The quantitative estimate of drug-likeness (QED) is 0.637. The summed E-state index contributed by atoms with van der Waals surface area (Å²) in [5.74, 6) is 0.474. The van der Waals surface area contributed by atoms with Crippen LogP contribution >= 0.6 is 23.4 Å². The lowest BCUT2D eigenvalue weighted by Gasteiger charge is -2.15. The van der Waals surface area contributed by atoms with Crippen molar-refractivity contribution in [3.63, 3.8) is 0 Å². The summed E-state index contributed by atoms with van der Waals surface area (Å²) in [6.07, 6.45) is -4.51. The number of thioether (sulfide) groups is 1. The first-order chi connectivity index (χ1) is 12.5. The molecule has 1 amide bonds. The normalized spacial score (nSPS) is 12.1. The van der Waals surface area contributed by atoms with Crippen LogP contribution in [0.3, 0.4) is 0 Å². The van der Waals surface area contributed by atoms with Crippen LogP contribution in [-0.2, 0) is 11.0 Å². The highest BCUT2D eigenvalue weighted by molar-refractivity contribution is 7.99. The van der Waals surface area contributed by atoms with Gasteiger partial charge in [-0.25, -0.2) is 0 Å². The molecule has 2 aromatic rings. The summed E-state index contributed by atoms with van der Waals surface area (Å²) in [6.45, 7) is 7.98. The van der Waals surface area contributed by atoms with E-state index in [0.29, 0.717) is 5.16 Å². The topological polar surface area (TPSA) is 59.8 Å². The van der Waals surface area contributed by atoms with Crippen LogP contribution in [0.25, 0.3) is 0 Å². The van der Waals surface area contributed by atoms with Crippen LogP contribution < -0.4 is 5.32 Å². The van der Waals surface area contributed by atoms with Gasteiger partial charge in [0.25, 0.3) is 0 Å². The van der Waals surface area contributed by atoms with E-state index in [2.05, 4.69) is 15.5 Å². The van der Waals surface area contributed by atoms with Gasteiger partial charge in [0.1, 0.15) is 5.82 Å². The number of hydrogen-bond acceptors (Lipinski definition) is 4. The Morgan fingerprint density at radius 3 is 2.48 bits per heavy atom. The van der Waals surface area contributed by atoms with Gasteiger partial charge in [0.2, 0.25) is 5.91 Å². The summed E-state index contributed by atoms with van der Waals surface area (Å²) in [5.41, 5.74) is -0.957. The van der Waals surface area contributed by atoms with E-state index in [1.165, 1.54) is 11.8 Å². The Labute approximate surface area is 164 Å². The van der Waals surface area contributed by atoms with Crippen LogP contribution in [0.1, 0.15) is 51.0 Å². The van der Waals surface area contributed by atoms with Gasteiger partial charge in [0.05, 0.1) is 22.0 Å². The highest BCUT2D eigenvalue weighted by Gasteiger charge is 2.31. The Morgan fingerprint density at radius 2 is 1.93 bits per heavy atom. The molecule has 0 saturated heterocycles. The van der Waals surface area contributed by atoms with Crippen molar-refractivity contribution in [2.24, 2.45) is 0 Å². The largest absolute Gasteiger partial charge is 0.416 e. The predicted octanol–water partition coefficient (Wildman–Crippen LogP) is 5.39. The number of rotatable bonds is 6. The lowest BCUT2D eigenvalue weighted by Crippen LogP contribution is -2.16. The maximum absolute atomic E-state index is 12.8. The fraction of sp³-hybridized carbons (Fsp3) is 0.471. The minimum absolute atomic E-state index is 0.0322. The minimum atomic E-state index is -4.51. The highest BCUT2D eigenvalue weighted by atomic mass is 35.5. The molecule has 0 radical (unpaired) electrons. The van der Waals surface area contributed by atoms with Crippen molar-refractivity contribution in [1.29, 1.82) is 0 Å². The monoisotopic (exact) mass is 420 g/mol. The van der Waals surface area contributed by atoms with E-state index in [1.54, 1.807) is 0 Å². The summed E-state index contributed by atoms with van der Waals surface area (Å²) < 4.78 is 40.4. The van der Waals surface area contributed by atoms with Crippen LogP contribution in [-0.4, -0.2) is 26.4 Å². The van der Waals surface area contributed by atoms with Crippen molar-refractivity contribution in [2.45, 2.75) is 51.0 Å². The van der Waals surface area contributed by atoms with Gasteiger partial charge in [-0.05, 0) is 32.0 Å². The molecular weight excluding hydrogens is 401 g/mol. The molecule has 1 N–H and O–H groups in total. The molecule has 5 nitrogen and oxygen atoms in total. The molecule has 27 heavy (non-hydrogen) atoms. The molecule has 1 heterocycles. The van der Waals surface area contributed by atoms with E-state index >= 15 is 0 Å². The zero-order valence-electron chi connectivity index (χ0n) is 15.3. The van der Waals surface area contributed by atoms with Gasteiger partial charge in [-0.3, -0.25) is 4.79 Å². The summed E-state index contributed by atoms with van der Waals surface area (Å²) in [4.78, 5) is 12.2. The van der Waals surface area contributed by atoms with Gasteiger partial charge in [-0.1, -0.05) is 37.2 Å². The number of carbonyl (C=O) groups is 1. The molecule has 0 aliphatic carbocycles. The smallest absolute Gasteiger partial charge is 0.324 e. The zero-order chi connectivity index (χ0) is 20.4. The predicted molar refractivity (Wildman–Crippen MR) is 100 cm³/mol. The van der Waals surface area contributed by atoms with Gasteiger partial charge in [0, 0.05) is 12.0 Å². The molecule has 0 aliphatic heterocycles. The fourth-order valence-electron chi connectivity index (χ4n) is 2.38. The van der Waals surface area contributed by atoms with E-state index in [-0.39, 0.29) is 28.4 Å². The Morgan fingerprint density at radius 1 is 1.26 bits per heavy atom. The number of amides is 1. The maximum atomic E-state index is 12.8. The molecule has 2 rings (SSSR count). The number of halogens is 4. The van der Waals surface area contributed by atoms with Crippen molar-refractivity contribution in [1.82, 2.24) is 14.8 Å². The van der Waals surface area contributed by atoms with Crippen LogP contribution in [0.15, 0.2) is 23.4 Å². The first-order valence-electron chi connectivity index (χ1n) is 8.25. The third kappa shape index (κ3) is 5.38. The SMILES string of the molecule is CC(C)c1nnc(SCC(=O)Nc2cc(C(F)(F)F)ccc2Cl)n1C(C)C. The first-order valence-corrected chi connectivity index (χ1v) is 9.61. The van der Waals surface area contributed by atoms with Crippen molar-refractivity contribution in [3.8, 4) is 0 Å². The number of nitrogens with zero attached hydrogens (tertiary/aromatic N) is 3. The molecule has 0 spiro atoms. The Kier molecular flexibility index (Phi) is 6.80. The van der Waals surface area contributed by atoms with E-state index in [1.807, 2.05) is 32.3 Å². The second-order valence-corrected chi connectivity index (χ2v) is 7.84. The second-order valence-electron chi connectivity index (χ2n) is 6.49. The Bertz CT molecular complexity index is 821. The van der Waals surface area contributed by atoms with Crippen molar-refractivity contribution >= 4 is 35.0 Å². The first kappa shape index (κ1) is 21.6. The number of anilines is 1. The van der Waals surface area contributed by atoms with Crippen molar-refractivity contribution in [2.75, 3.05) is 11.1 Å². The average molecular weight is 421 g/mol. The standard InChI is InChI=1S/C17H20ClF3N4OS/c1-9(2)15-23-24-16(25(15)10(3)4)27-8-14(26)22-13-7-11(17(19,20)21)5-6-12(13)18/h5-7,9-10H,8H2,1-4H3,(H,22,26).